The zero-order chi connectivity index (χ0) is 12.7. The zero-order valence-electron chi connectivity index (χ0n) is 10.4. The van der Waals surface area contributed by atoms with E-state index in [4.69, 9.17) is 0 Å². The Morgan fingerprint density at radius 3 is 2.76 bits per heavy atom. The second-order valence-corrected chi connectivity index (χ2v) is 4.17. The molecular formula is C12H20N2O3. The Morgan fingerprint density at radius 1 is 1.47 bits per heavy atom. The van der Waals surface area contributed by atoms with Crippen LogP contribution in [0.2, 0.25) is 0 Å². The summed E-state index contributed by atoms with van der Waals surface area (Å²) >= 11 is 0. The molecule has 5 nitrogen and oxygen atoms in total. The smallest absolute Gasteiger partial charge is 0.329 e. The standard InChI is InChI=1S/C12H20N2O3/c1-9(15)14-11(12(16)17-2)8-13-10-6-4-3-5-7-10/h3-4,10-11,13H,5-8H2,1-2H3,(H,14,15). The van der Waals surface area contributed by atoms with Crippen molar-refractivity contribution in [2.45, 2.75) is 38.3 Å². The van der Waals surface area contributed by atoms with Crippen LogP contribution in [0.25, 0.3) is 0 Å². The molecule has 96 valence electrons. The van der Waals surface area contributed by atoms with E-state index in [9.17, 15) is 9.59 Å². The van der Waals surface area contributed by atoms with Crippen LogP contribution >= 0.6 is 0 Å². The van der Waals surface area contributed by atoms with Crippen LogP contribution in [0.15, 0.2) is 12.2 Å². The Hall–Kier alpha value is -1.36. The molecule has 2 N–H and O–H groups in total. The van der Waals surface area contributed by atoms with Crippen LogP contribution in [-0.4, -0.2) is 37.6 Å². The lowest BCUT2D eigenvalue weighted by atomic mass is 10.0. The molecule has 1 amide bonds. The van der Waals surface area contributed by atoms with Gasteiger partial charge >= 0.3 is 5.97 Å². The monoisotopic (exact) mass is 240 g/mol. The molecule has 5 heteroatoms. The molecule has 0 bridgehead atoms. The van der Waals surface area contributed by atoms with E-state index in [1.807, 2.05) is 0 Å². The van der Waals surface area contributed by atoms with Crippen LogP contribution in [0, 0.1) is 0 Å². The van der Waals surface area contributed by atoms with Crippen molar-refractivity contribution in [3.8, 4) is 0 Å². The van der Waals surface area contributed by atoms with Gasteiger partial charge in [0.2, 0.25) is 5.91 Å². The van der Waals surface area contributed by atoms with Gasteiger partial charge in [-0.3, -0.25) is 4.79 Å². The molecule has 0 saturated heterocycles. The molecule has 0 aromatic rings. The third kappa shape index (κ3) is 4.99. The number of hydrogen-bond donors (Lipinski definition) is 2. The number of ether oxygens (including phenoxy) is 1. The highest BCUT2D eigenvalue weighted by molar-refractivity contribution is 5.83. The molecule has 2 unspecified atom stereocenters. The molecule has 0 heterocycles. The summed E-state index contributed by atoms with van der Waals surface area (Å²) in [7, 11) is 1.32. The van der Waals surface area contributed by atoms with Gasteiger partial charge in [-0.2, -0.15) is 0 Å². The average molecular weight is 240 g/mol. The van der Waals surface area contributed by atoms with Gasteiger partial charge in [0.05, 0.1) is 7.11 Å². The van der Waals surface area contributed by atoms with Crippen LogP contribution in [0.5, 0.6) is 0 Å². The molecule has 0 aromatic carbocycles. The van der Waals surface area contributed by atoms with Crippen molar-refractivity contribution < 1.29 is 14.3 Å². The quantitative estimate of drug-likeness (QED) is 0.538. The Kier molecular flexibility index (Phi) is 5.69. The highest BCUT2D eigenvalue weighted by atomic mass is 16.5. The molecule has 1 rings (SSSR count). The van der Waals surface area contributed by atoms with E-state index in [0.29, 0.717) is 12.6 Å². The first-order valence-electron chi connectivity index (χ1n) is 5.86. The summed E-state index contributed by atoms with van der Waals surface area (Å²) in [4.78, 5) is 22.4. The number of esters is 1. The van der Waals surface area contributed by atoms with Crippen molar-refractivity contribution in [3.05, 3.63) is 12.2 Å². The van der Waals surface area contributed by atoms with E-state index < -0.39 is 12.0 Å². The van der Waals surface area contributed by atoms with Crippen molar-refractivity contribution in [1.29, 1.82) is 0 Å². The predicted molar refractivity (Wildman–Crippen MR) is 64.4 cm³/mol. The summed E-state index contributed by atoms with van der Waals surface area (Å²) in [6, 6.07) is -0.232. The molecule has 0 aliphatic heterocycles. The van der Waals surface area contributed by atoms with Crippen LogP contribution in [0.1, 0.15) is 26.2 Å². The Morgan fingerprint density at radius 2 is 2.24 bits per heavy atom. The maximum absolute atomic E-state index is 11.4. The SMILES string of the molecule is COC(=O)C(CNC1CC=CCC1)NC(C)=O. The van der Waals surface area contributed by atoms with Gasteiger partial charge in [-0.25, -0.2) is 4.79 Å². The van der Waals surface area contributed by atoms with Gasteiger partial charge in [0.25, 0.3) is 0 Å². The first-order chi connectivity index (χ1) is 8.13. The summed E-state index contributed by atoms with van der Waals surface area (Å²) in [6.07, 6.45) is 7.37. The molecule has 1 aliphatic carbocycles. The fraction of sp³-hybridized carbons (Fsp3) is 0.667. The fourth-order valence-electron chi connectivity index (χ4n) is 1.84. The van der Waals surface area contributed by atoms with Gasteiger partial charge in [-0.05, 0) is 19.3 Å². The van der Waals surface area contributed by atoms with Crippen molar-refractivity contribution in [3.63, 3.8) is 0 Å². The van der Waals surface area contributed by atoms with Gasteiger partial charge in [0.15, 0.2) is 0 Å². The van der Waals surface area contributed by atoms with E-state index in [0.717, 1.165) is 19.3 Å². The van der Waals surface area contributed by atoms with Crippen molar-refractivity contribution in [2.24, 2.45) is 0 Å². The van der Waals surface area contributed by atoms with E-state index in [2.05, 4.69) is 27.5 Å². The van der Waals surface area contributed by atoms with E-state index >= 15 is 0 Å². The van der Waals surface area contributed by atoms with E-state index in [-0.39, 0.29) is 5.91 Å². The third-order valence-electron chi connectivity index (χ3n) is 2.74. The lowest BCUT2D eigenvalue weighted by Gasteiger charge is -2.22. The number of methoxy groups -OCH3 is 1. The number of carbonyl (C=O) groups is 2. The van der Waals surface area contributed by atoms with E-state index in [1.165, 1.54) is 14.0 Å². The highest BCUT2D eigenvalue weighted by Crippen LogP contribution is 2.10. The molecule has 0 aromatic heterocycles. The number of carbonyl (C=O) groups excluding carboxylic acids is 2. The fourth-order valence-corrected chi connectivity index (χ4v) is 1.84. The lowest BCUT2D eigenvalue weighted by molar-refractivity contribution is -0.144. The third-order valence-corrected chi connectivity index (χ3v) is 2.74. The summed E-state index contributed by atoms with van der Waals surface area (Å²) in [6.45, 7) is 1.80. The second-order valence-electron chi connectivity index (χ2n) is 4.17. The predicted octanol–water partition coefficient (Wildman–Crippen LogP) is 0.362. The largest absolute Gasteiger partial charge is 0.467 e. The molecular weight excluding hydrogens is 220 g/mol. The van der Waals surface area contributed by atoms with Crippen molar-refractivity contribution in [1.82, 2.24) is 10.6 Å². The average Bonchev–Trinajstić information content (AvgIpc) is 2.34. The number of rotatable bonds is 5. The number of hydrogen-bond acceptors (Lipinski definition) is 4. The van der Waals surface area contributed by atoms with Crippen LogP contribution in [-0.2, 0) is 14.3 Å². The minimum Gasteiger partial charge on any atom is -0.467 e. The maximum atomic E-state index is 11.4. The summed E-state index contributed by atoms with van der Waals surface area (Å²) in [5.41, 5.74) is 0. The molecule has 0 radical (unpaired) electrons. The zero-order valence-corrected chi connectivity index (χ0v) is 10.4. The molecule has 17 heavy (non-hydrogen) atoms. The minimum absolute atomic E-state index is 0.231. The molecule has 0 spiro atoms. The Balaban J connectivity index is 2.39. The normalized spacial score (nSPS) is 20.7. The number of nitrogens with one attached hydrogen (secondary N) is 2. The van der Waals surface area contributed by atoms with Gasteiger partial charge < -0.3 is 15.4 Å². The number of allylic oxidation sites excluding steroid dienone is 1. The Bertz CT molecular complexity index is 302. The van der Waals surface area contributed by atoms with E-state index in [1.54, 1.807) is 0 Å². The summed E-state index contributed by atoms with van der Waals surface area (Å²) < 4.78 is 4.65. The molecule has 2 atom stereocenters. The summed E-state index contributed by atoms with van der Waals surface area (Å²) in [5, 5.41) is 5.85. The first kappa shape index (κ1) is 13.7. The van der Waals surface area contributed by atoms with Crippen LogP contribution in [0.3, 0.4) is 0 Å². The molecule has 1 aliphatic rings. The highest BCUT2D eigenvalue weighted by Gasteiger charge is 2.21. The van der Waals surface area contributed by atoms with Crippen LogP contribution in [0.4, 0.5) is 0 Å². The van der Waals surface area contributed by atoms with Gasteiger partial charge in [-0.15, -0.1) is 0 Å². The lowest BCUT2D eigenvalue weighted by Crippen LogP contribution is -2.49. The van der Waals surface area contributed by atoms with Gasteiger partial charge in [0, 0.05) is 19.5 Å². The summed E-state index contributed by atoms with van der Waals surface area (Å²) in [5.74, 6) is -0.648. The second kappa shape index (κ2) is 7.06. The van der Waals surface area contributed by atoms with Gasteiger partial charge in [-0.1, -0.05) is 12.2 Å². The number of amides is 1. The topological polar surface area (TPSA) is 67.4 Å². The van der Waals surface area contributed by atoms with Crippen LogP contribution < -0.4 is 10.6 Å². The molecule has 0 saturated carbocycles. The van der Waals surface area contributed by atoms with Crippen molar-refractivity contribution >= 4 is 11.9 Å². The minimum atomic E-state index is -0.608. The molecule has 0 fully saturated rings. The van der Waals surface area contributed by atoms with Crippen molar-refractivity contribution in [2.75, 3.05) is 13.7 Å². The van der Waals surface area contributed by atoms with Gasteiger partial charge in [0.1, 0.15) is 6.04 Å². The first-order valence-corrected chi connectivity index (χ1v) is 5.86. The Labute approximate surface area is 102 Å². The maximum Gasteiger partial charge on any atom is 0.329 e.